The average Bonchev–Trinajstić information content (AvgIpc) is 2.47. The van der Waals surface area contributed by atoms with E-state index in [4.69, 9.17) is 5.73 Å². The Kier molecular flexibility index (Phi) is 3.71. The van der Waals surface area contributed by atoms with E-state index in [9.17, 15) is 9.18 Å². The maximum atomic E-state index is 13.1. The van der Waals surface area contributed by atoms with E-state index >= 15 is 0 Å². The second-order valence-electron chi connectivity index (χ2n) is 5.23. The lowest BCUT2D eigenvalue weighted by Gasteiger charge is -2.40. The highest BCUT2D eigenvalue weighted by atomic mass is 19.1. The molecule has 1 amide bonds. The summed E-state index contributed by atoms with van der Waals surface area (Å²) >= 11 is 0. The van der Waals surface area contributed by atoms with Crippen LogP contribution in [0, 0.1) is 5.82 Å². The monoisotopic (exact) mass is 284 g/mol. The Hall–Kier alpha value is -2.20. The van der Waals surface area contributed by atoms with Crippen molar-refractivity contribution in [2.45, 2.75) is 12.5 Å². The maximum Gasteiger partial charge on any atom is 0.254 e. The summed E-state index contributed by atoms with van der Waals surface area (Å²) in [5, 5.41) is 0. The summed E-state index contributed by atoms with van der Waals surface area (Å²) in [6, 6.07) is 13.8. The minimum Gasteiger partial charge on any atom is -0.334 e. The standard InChI is InChI=1S/C17H17FN2O/c18-13-7-5-12(6-8-13)15-3-1-2-4-16(15)17(21)20-10-9-14(20)11-19/h1-8,14H,9-11,19H2. The van der Waals surface area contributed by atoms with Crippen LogP contribution < -0.4 is 5.73 Å². The van der Waals surface area contributed by atoms with Gasteiger partial charge in [-0.1, -0.05) is 30.3 Å². The smallest absolute Gasteiger partial charge is 0.254 e. The van der Waals surface area contributed by atoms with E-state index in [2.05, 4.69) is 0 Å². The first-order valence-corrected chi connectivity index (χ1v) is 7.06. The second-order valence-corrected chi connectivity index (χ2v) is 5.23. The summed E-state index contributed by atoms with van der Waals surface area (Å²) in [4.78, 5) is 14.5. The van der Waals surface area contributed by atoms with Crippen molar-refractivity contribution in [2.24, 2.45) is 5.73 Å². The first-order valence-electron chi connectivity index (χ1n) is 7.06. The molecule has 3 rings (SSSR count). The molecule has 0 aliphatic carbocycles. The van der Waals surface area contributed by atoms with Gasteiger partial charge in [0.25, 0.3) is 5.91 Å². The highest BCUT2D eigenvalue weighted by molar-refractivity contribution is 6.01. The average molecular weight is 284 g/mol. The second kappa shape index (κ2) is 5.66. The highest BCUT2D eigenvalue weighted by Gasteiger charge is 2.32. The fourth-order valence-corrected chi connectivity index (χ4v) is 2.66. The fraction of sp³-hybridized carbons (Fsp3) is 0.235. The number of carbonyl (C=O) groups excluding carboxylic acids is 1. The number of hydrogen-bond acceptors (Lipinski definition) is 2. The Morgan fingerprint density at radius 1 is 1.19 bits per heavy atom. The number of carbonyl (C=O) groups is 1. The van der Waals surface area contributed by atoms with Gasteiger partial charge < -0.3 is 10.6 Å². The molecule has 1 aliphatic rings. The molecular weight excluding hydrogens is 267 g/mol. The molecule has 0 aromatic heterocycles. The number of benzene rings is 2. The molecule has 0 radical (unpaired) electrons. The van der Waals surface area contributed by atoms with Crippen LogP contribution in [0.5, 0.6) is 0 Å². The molecule has 3 nitrogen and oxygen atoms in total. The van der Waals surface area contributed by atoms with E-state index in [1.54, 1.807) is 12.1 Å². The number of nitrogens with zero attached hydrogens (tertiary/aromatic N) is 1. The van der Waals surface area contributed by atoms with Crippen LogP contribution >= 0.6 is 0 Å². The molecule has 4 heteroatoms. The third-order valence-corrected chi connectivity index (χ3v) is 3.99. The van der Waals surface area contributed by atoms with Crippen molar-refractivity contribution >= 4 is 5.91 Å². The molecule has 2 aromatic rings. The molecule has 2 N–H and O–H groups in total. The zero-order valence-electron chi connectivity index (χ0n) is 11.6. The van der Waals surface area contributed by atoms with Crippen LogP contribution in [0.3, 0.4) is 0 Å². The zero-order chi connectivity index (χ0) is 14.8. The summed E-state index contributed by atoms with van der Waals surface area (Å²) in [5.74, 6) is -0.287. The largest absolute Gasteiger partial charge is 0.334 e. The van der Waals surface area contributed by atoms with Crippen LogP contribution in [0.25, 0.3) is 11.1 Å². The van der Waals surface area contributed by atoms with Crippen molar-refractivity contribution in [3.63, 3.8) is 0 Å². The quantitative estimate of drug-likeness (QED) is 0.942. The first kappa shape index (κ1) is 13.8. The summed E-state index contributed by atoms with van der Waals surface area (Å²) in [7, 11) is 0. The molecule has 21 heavy (non-hydrogen) atoms. The summed E-state index contributed by atoms with van der Waals surface area (Å²) in [6.45, 7) is 1.24. The van der Waals surface area contributed by atoms with Crippen molar-refractivity contribution in [3.05, 3.63) is 59.9 Å². The topological polar surface area (TPSA) is 46.3 Å². The van der Waals surface area contributed by atoms with E-state index < -0.39 is 0 Å². The molecule has 1 atom stereocenters. The predicted molar refractivity (Wildman–Crippen MR) is 80.3 cm³/mol. The van der Waals surface area contributed by atoms with E-state index in [-0.39, 0.29) is 17.8 Å². The highest BCUT2D eigenvalue weighted by Crippen LogP contribution is 2.28. The van der Waals surface area contributed by atoms with Crippen molar-refractivity contribution in [1.29, 1.82) is 0 Å². The van der Waals surface area contributed by atoms with Gasteiger partial charge in [0.05, 0.1) is 0 Å². The summed E-state index contributed by atoms with van der Waals surface area (Å²) in [6.07, 6.45) is 0.959. The third kappa shape index (κ3) is 2.54. The molecule has 1 aliphatic heterocycles. The van der Waals surface area contributed by atoms with E-state index in [0.29, 0.717) is 12.1 Å². The van der Waals surface area contributed by atoms with Gasteiger partial charge in [-0.05, 0) is 35.7 Å². The molecule has 108 valence electrons. The number of amides is 1. The Morgan fingerprint density at radius 2 is 1.90 bits per heavy atom. The van der Waals surface area contributed by atoms with Gasteiger partial charge >= 0.3 is 0 Å². The molecule has 0 bridgehead atoms. The van der Waals surface area contributed by atoms with Gasteiger partial charge in [0, 0.05) is 24.7 Å². The van der Waals surface area contributed by atoms with Gasteiger partial charge in [-0.15, -0.1) is 0 Å². The lowest BCUT2D eigenvalue weighted by Crippen LogP contribution is -2.54. The number of likely N-dealkylation sites (tertiary alicyclic amines) is 1. The Bertz CT molecular complexity index is 652. The molecule has 2 aromatic carbocycles. The number of nitrogens with two attached hydrogens (primary N) is 1. The Morgan fingerprint density at radius 3 is 2.52 bits per heavy atom. The number of halogens is 1. The molecule has 0 saturated carbocycles. The number of hydrogen-bond donors (Lipinski definition) is 1. The number of rotatable bonds is 3. The third-order valence-electron chi connectivity index (χ3n) is 3.99. The van der Waals surface area contributed by atoms with Gasteiger partial charge in [-0.3, -0.25) is 4.79 Å². The van der Waals surface area contributed by atoms with Gasteiger partial charge in [0.2, 0.25) is 0 Å². The summed E-state index contributed by atoms with van der Waals surface area (Å²) in [5.41, 5.74) is 7.97. The molecule has 0 spiro atoms. The van der Waals surface area contributed by atoms with E-state index in [0.717, 1.165) is 24.1 Å². The van der Waals surface area contributed by atoms with Gasteiger partial charge in [0.15, 0.2) is 0 Å². The van der Waals surface area contributed by atoms with Crippen LogP contribution in [0.2, 0.25) is 0 Å². The van der Waals surface area contributed by atoms with Gasteiger partial charge in [-0.2, -0.15) is 0 Å². The van der Waals surface area contributed by atoms with Crippen LogP contribution in [0.1, 0.15) is 16.8 Å². The maximum absolute atomic E-state index is 13.1. The molecular formula is C17H17FN2O. The minimum absolute atomic E-state index is 0.00312. The summed E-state index contributed by atoms with van der Waals surface area (Å²) < 4.78 is 13.1. The molecule has 1 heterocycles. The molecule has 1 saturated heterocycles. The predicted octanol–water partition coefficient (Wildman–Crippen LogP) is 2.67. The zero-order valence-corrected chi connectivity index (χ0v) is 11.6. The van der Waals surface area contributed by atoms with Gasteiger partial charge in [0.1, 0.15) is 5.82 Å². The molecule has 1 unspecified atom stereocenters. The van der Waals surface area contributed by atoms with Gasteiger partial charge in [-0.25, -0.2) is 4.39 Å². The normalized spacial score (nSPS) is 17.4. The minimum atomic E-state index is -0.284. The van der Waals surface area contributed by atoms with Crippen LogP contribution in [0.4, 0.5) is 4.39 Å². The van der Waals surface area contributed by atoms with Crippen LogP contribution in [0.15, 0.2) is 48.5 Å². The van der Waals surface area contributed by atoms with Crippen molar-refractivity contribution in [1.82, 2.24) is 4.90 Å². The first-order chi connectivity index (χ1) is 10.2. The fourth-order valence-electron chi connectivity index (χ4n) is 2.66. The van der Waals surface area contributed by atoms with E-state index in [1.807, 2.05) is 29.2 Å². The van der Waals surface area contributed by atoms with E-state index in [1.165, 1.54) is 12.1 Å². The Balaban J connectivity index is 1.96. The SMILES string of the molecule is NCC1CCN1C(=O)c1ccccc1-c1ccc(F)cc1. The molecule has 1 fully saturated rings. The van der Waals surface area contributed by atoms with Crippen molar-refractivity contribution < 1.29 is 9.18 Å². The van der Waals surface area contributed by atoms with Crippen LogP contribution in [-0.4, -0.2) is 29.9 Å². The van der Waals surface area contributed by atoms with Crippen molar-refractivity contribution in [2.75, 3.05) is 13.1 Å². The lowest BCUT2D eigenvalue weighted by atomic mass is 9.95. The lowest BCUT2D eigenvalue weighted by molar-refractivity contribution is 0.0482. The van der Waals surface area contributed by atoms with Crippen LogP contribution in [-0.2, 0) is 0 Å². The van der Waals surface area contributed by atoms with Crippen molar-refractivity contribution in [3.8, 4) is 11.1 Å². The Labute approximate surface area is 123 Å².